The summed E-state index contributed by atoms with van der Waals surface area (Å²) in [6, 6.07) is 6.40. The number of aromatic nitrogens is 2. The smallest absolute Gasteiger partial charge is 0.326 e. The number of nitrogens with zero attached hydrogens (tertiary/aromatic N) is 3. The molecule has 1 saturated carbocycles. The van der Waals surface area contributed by atoms with E-state index in [-0.39, 0.29) is 11.8 Å². The van der Waals surface area contributed by atoms with Crippen molar-refractivity contribution in [3.05, 3.63) is 47.2 Å². The second-order valence-electron chi connectivity index (χ2n) is 6.75. The molecule has 1 amide bonds. The van der Waals surface area contributed by atoms with Crippen LogP contribution in [0, 0.1) is 11.8 Å². The van der Waals surface area contributed by atoms with Gasteiger partial charge in [-0.2, -0.15) is 5.10 Å². The third kappa shape index (κ3) is 2.80. The molecule has 1 aliphatic heterocycles. The molecule has 25 heavy (non-hydrogen) atoms. The highest BCUT2D eigenvalue weighted by Crippen LogP contribution is 2.42. The van der Waals surface area contributed by atoms with Crippen LogP contribution in [0.1, 0.15) is 29.6 Å². The van der Waals surface area contributed by atoms with Crippen LogP contribution < -0.4 is 0 Å². The van der Waals surface area contributed by atoms with Crippen molar-refractivity contribution in [3.63, 3.8) is 0 Å². The van der Waals surface area contributed by atoms with Crippen molar-refractivity contribution in [1.82, 2.24) is 14.7 Å². The van der Waals surface area contributed by atoms with Gasteiger partial charge >= 0.3 is 5.97 Å². The molecule has 7 heteroatoms. The zero-order valence-corrected chi connectivity index (χ0v) is 14.3. The number of hydrogen-bond acceptors (Lipinski definition) is 3. The van der Waals surface area contributed by atoms with E-state index in [1.165, 1.54) is 11.1 Å². The zero-order chi connectivity index (χ0) is 17.6. The minimum absolute atomic E-state index is 0.0766. The summed E-state index contributed by atoms with van der Waals surface area (Å²) >= 11 is 5.89. The van der Waals surface area contributed by atoms with Crippen molar-refractivity contribution in [2.75, 3.05) is 6.54 Å². The fourth-order valence-electron chi connectivity index (χ4n) is 4.16. The molecule has 2 aliphatic rings. The predicted molar refractivity (Wildman–Crippen MR) is 91.9 cm³/mol. The molecule has 1 aliphatic carbocycles. The Labute approximate surface area is 150 Å². The quantitative estimate of drug-likeness (QED) is 0.914. The molecule has 1 aromatic carbocycles. The summed E-state index contributed by atoms with van der Waals surface area (Å²) in [5.41, 5.74) is 1.19. The molecule has 3 unspecified atom stereocenters. The number of likely N-dealkylation sites (tertiary alicyclic amines) is 1. The summed E-state index contributed by atoms with van der Waals surface area (Å²) < 4.78 is 1.59. The Morgan fingerprint density at radius 1 is 1.20 bits per heavy atom. The van der Waals surface area contributed by atoms with E-state index in [1.54, 1.807) is 23.0 Å². The SMILES string of the molecule is O=C(O)C1C2CCCC2CN1C(=O)c1cnn(-c2ccc(Cl)cc2)c1. The molecule has 1 aromatic heterocycles. The van der Waals surface area contributed by atoms with Gasteiger partial charge in [0.2, 0.25) is 0 Å². The molecule has 6 nitrogen and oxygen atoms in total. The van der Waals surface area contributed by atoms with Crippen molar-refractivity contribution < 1.29 is 14.7 Å². The summed E-state index contributed by atoms with van der Waals surface area (Å²) in [4.78, 5) is 26.1. The molecular formula is C18H18ClN3O3. The first-order chi connectivity index (χ1) is 12.0. The van der Waals surface area contributed by atoms with Gasteiger partial charge in [-0.05, 0) is 48.9 Å². The van der Waals surface area contributed by atoms with E-state index in [1.807, 2.05) is 12.1 Å². The van der Waals surface area contributed by atoms with Gasteiger partial charge in [0, 0.05) is 17.8 Å². The van der Waals surface area contributed by atoms with Crippen LogP contribution in [0.3, 0.4) is 0 Å². The van der Waals surface area contributed by atoms with E-state index in [2.05, 4.69) is 5.10 Å². The van der Waals surface area contributed by atoms with Gasteiger partial charge in [0.1, 0.15) is 6.04 Å². The maximum Gasteiger partial charge on any atom is 0.326 e. The maximum atomic E-state index is 12.9. The molecule has 2 aromatic rings. The van der Waals surface area contributed by atoms with E-state index in [9.17, 15) is 14.7 Å². The second-order valence-corrected chi connectivity index (χ2v) is 7.18. The fourth-order valence-corrected chi connectivity index (χ4v) is 4.29. The van der Waals surface area contributed by atoms with Crippen LogP contribution in [0.5, 0.6) is 0 Å². The number of benzene rings is 1. The van der Waals surface area contributed by atoms with E-state index in [0.717, 1.165) is 24.9 Å². The first-order valence-corrected chi connectivity index (χ1v) is 8.77. The molecule has 130 valence electrons. The van der Waals surface area contributed by atoms with Crippen LogP contribution in [0.15, 0.2) is 36.7 Å². The number of hydrogen-bond donors (Lipinski definition) is 1. The molecule has 0 bridgehead atoms. The lowest BCUT2D eigenvalue weighted by atomic mass is 9.94. The van der Waals surface area contributed by atoms with Gasteiger partial charge in [0.05, 0.1) is 17.4 Å². The van der Waals surface area contributed by atoms with Crippen molar-refractivity contribution in [2.24, 2.45) is 11.8 Å². The number of carboxylic acids is 1. The molecule has 2 heterocycles. The minimum Gasteiger partial charge on any atom is -0.480 e. The maximum absolute atomic E-state index is 12.9. The van der Waals surface area contributed by atoms with Crippen LogP contribution in [0.2, 0.25) is 5.02 Å². The van der Waals surface area contributed by atoms with E-state index in [4.69, 9.17) is 11.6 Å². The normalized spacial score (nSPS) is 25.2. The Morgan fingerprint density at radius 2 is 1.96 bits per heavy atom. The third-order valence-corrected chi connectivity index (χ3v) is 5.58. The molecule has 0 radical (unpaired) electrons. The van der Waals surface area contributed by atoms with Crippen LogP contribution in [-0.4, -0.2) is 44.3 Å². The Bertz CT molecular complexity index is 817. The number of carboxylic acid groups (broad SMARTS) is 1. The Balaban J connectivity index is 1.59. The Hall–Kier alpha value is -2.34. The number of rotatable bonds is 3. The minimum atomic E-state index is -0.909. The number of fused-ring (bicyclic) bond motifs is 1. The van der Waals surface area contributed by atoms with Gasteiger partial charge in [-0.3, -0.25) is 4.79 Å². The average molecular weight is 360 g/mol. The fraction of sp³-hybridized carbons (Fsp3) is 0.389. The molecule has 1 saturated heterocycles. The lowest BCUT2D eigenvalue weighted by Gasteiger charge is -2.23. The first-order valence-electron chi connectivity index (χ1n) is 8.39. The van der Waals surface area contributed by atoms with Crippen molar-refractivity contribution in [3.8, 4) is 5.69 Å². The molecular weight excluding hydrogens is 342 g/mol. The lowest BCUT2D eigenvalue weighted by Crippen LogP contribution is -2.43. The van der Waals surface area contributed by atoms with E-state index < -0.39 is 12.0 Å². The molecule has 4 rings (SSSR count). The Morgan fingerprint density at radius 3 is 2.68 bits per heavy atom. The highest BCUT2D eigenvalue weighted by atomic mass is 35.5. The number of halogens is 1. The third-order valence-electron chi connectivity index (χ3n) is 5.32. The van der Waals surface area contributed by atoms with Crippen LogP contribution in [0.25, 0.3) is 5.69 Å². The van der Waals surface area contributed by atoms with Crippen LogP contribution >= 0.6 is 11.6 Å². The number of amides is 1. The molecule has 1 N–H and O–H groups in total. The topological polar surface area (TPSA) is 75.4 Å². The van der Waals surface area contributed by atoms with Gasteiger partial charge < -0.3 is 10.0 Å². The predicted octanol–water partition coefficient (Wildman–Crippen LogP) is 2.85. The van der Waals surface area contributed by atoms with Gasteiger partial charge in [0.25, 0.3) is 5.91 Å². The second kappa shape index (κ2) is 6.19. The summed E-state index contributed by atoms with van der Waals surface area (Å²) in [6.07, 6.45) is 6.07. The van der Waals surface area contributed by atoms with Gasteiger partial charge in [-0.1, -0.05) is 18.0 Å². The van der Waals surface area contributed by atoms with Crippen molar-refractivity contribution in [1.29, 1.82) is 0 Å². The van der Waals surface area contributed by atoms with Crippen LogP contribution in [0.4, 0.5) is 0 Å². The average Bonchev–Trinajstić information content (AvgIpc) is 3.29. The largest absolute Gasteiger partial charge is 0.480 e. The summed E-state index contributed by atoms with van der Waals surface area (Å²) in [6.45, 7) is 0.520. The molecule has 2 fully saturated rings. The number of carbonyl (C=O) groups is 2. The zero-order valence-electron chi connectivity index (χ0n) is 13.5. The van der Waals surface area contributed by atoms with Gasteiger partial charge in [-0.25, -0.2) is 9.48 Å². The van der Waals surface area contributed by atoms with E-state index >= 15 is 0 Å². The lowest BCUT2D eigenvalue weighted by molar-refractivity contribution is -0.142. The van der Waals surface area contributed by atoms with Gasteiger partial charge in [0.15, 0.2) is 0 Å². The van der Waals surface area contributed by atoms with Gasteiger partial charge in [-0.15, -0.1) is 0 Å². The standard InChI is InChI=1S/C18H18ClN3O3/c19-13-4-6-14(7-5-13)22-10-12(8-20-22)17(23)21-9-11-2-1-3-15(11)16(21)18(24)25/h4-8,10-11,15-16H,1-3,9H2,(H,24,25). The Kier molecular flexibility index (Phi) is 4.00. The monoisotopic (exact) mass is 359 g/mol. The summed E-state index contributed by atoms with van der Waals surface area (Å²) in [7, 11) is 0. The summed E-state index contributed by atoms with van der Waals surface area (Å²) in [5.74, 6) is -0.793. The van der Waals surface area contributed by atoms with Crippen LogP contribution in [-0.2, 0) is 4.79 Å². The van der Waals surface area contributed by atoms with E-state index in [0.29, 0.717) is 23.0 Å². The highest BCUT2D eigenvalue weighted by molar-refractivity contribution is 6.30. The first kappa shape index (κ1) is 16.1. The summed E-state index contributed by atoms with van der Waals surface area (Å²) in [5, 5.41) is 14.5. The molecule has 3 atom stereocenters. The molecule has 0 spiro atoms. The van der Waals surface area contributed by atoms with Crippen molar-refractivity contribution in [2.45, 2.75) is 25.3 Å². The highest BCUT2D eigenvalue weighted by Gasteiger charge is 2.49. The number of aliphatic carboxylic acids is 1. The van der Waals surface area contributed by atoms with Crippen molar-refractivity contribution >= 4 is 23.5 Å². The number of carbonyl (C=O) groups excluding carboxylic acids is 1.